The summed E-state index contributed by atoms with van der Waals surface area (Å²) in [6, 6.07) is 9.48. The van der Waals surface area contributed by atoms with Gasteiger partial charge in [-0.1, -0.05) is 28.1 Å². The van der Waals surface area contributed by atoms with Crippen molar-refractivity contribution in [3.8, 4) is 0 Å². The molecule has 1 atom stereocenters. The molecule has 0 aliphatic heterocycles. The number of anilines is 1. The molecule has 5 heteroatoms. The first-order valence-corrected chi connectivity index (χ1v) is 7.23. The van der Waals surface area contributed by atoms with Gasteiger partial charge >= 0.3 is 0 Å². The van der Waals surface area contributed by atoms with Crippen LogP contribution in [0.15, 0.2) is 45.3 Å². The van der Waals surface area contributed by atoms with Crippen LogP contribution in [0.5, 0.6) is 0 Å². The first-order valence-electron chi connectivity index (χ1n) is 5.64. The molecule has 1 N–H and O–H groups in total. The molecule has 0 saturated heterocycles. The van der Waals surface area contributed by atoms with Crippen molar-refractivity contribution in [1.29, 1.82) is 0 Å². The highest BCUT2D eigenvalue weighted by molar-refractivity contribution is 9.11. The summed E-state index contributed by atoms with van der Waals surface area (Å²) in [5.74, 6) is -1.65. The average Bonchev–Trinajstić information content (AvgIpc) is 2.37. The van der Waals surface area contributed by atoms with Crippen LogP contribution in [0.1, 0.15) is 18.5 Å². The molecule has 0 aliphatic carbocycles. The SMILES string of the molecule is CC(Nc1cc(Br)ccc1Br)c1cccc(F)c1F. The summed E-state index contributed by atoms with van der Waals surface area (Å²) in [6.07, 6.45) is 0. The number of nitrogens with one attached hydrogen (secondary N) is 1. The van der Waals surface area contributed by atoms with Gasteiger partial charge in [-0.2, -0.15) is 0 Å². The molecule has 2 rings (SSSR count). The largest absolute Gasteiger partial charge is 0.377 e. The molecule has 0 fully saturated rings. The van der Waals surface area contributed by atoms with E-state index in [2.05, 4.69) is 37.2 Å². The summed E-state index contributed by atoms with van der Waals surface area (Å²) in [4.78, 5) is 0. The topological polar surface area (TPSA) is 12.0 Å². The molecule has 0 aromatic heterocycles. The third-order valence-corrected chi connectivity index (χ3v) is 3.93. The van der Waals surface area contributed by atoms with Gasteiger partial charge in [-0.3, -0.25) is 0 Å². The Kier molecular flexibility index (Phi) is 4.58. The number of halogens is 4. The predicted molar refractivity (Wildman–Crippen MR) is 80.2 cm³/mol. The van der Waals surface area contributed by atoms with E-state index >= 15 is 0 Å². The number of hydrogen-bond donors (Lipinski definition) is 1. The number of hydrogen-bond acceptors (Lipinski definition) is 1. The van der Waals surface area contributed by atoms with Gasteiger partial charge in [0.2, 0.25) is 0 Å². The van der Waals surface area contributed by atoms with E-state index in [1.54, 1.807) is 13.0 Å². The molecule has 2 aromatic rings. The third-order valence-electron chi connectivity index (χ3n) is 2.75. The second kappa shape index (κ2) is 6.01. The van der Waals surface area contributed by atoms with Crippen molar-refractivity contribution in [1.82, 2.24) is 0 Å². The molecule has 0 spiro atoms. The van der Waals surface area contributed by atoms with Crippen molar-refractivity contribution in [2.24, 2.45) is 0 Å². The average molecular weight is 391 g/mol. The lowest BCUT2D eigenvalue weighted by atomic mass is 10.1. The van der Waals surface area contributed by atoms with Crippen LogP contribution in [0.2, 0.25) is 0 Å². The highest BCUT2D eigenvalue weighted by Crippen LogP contribution is 2.30. The Morgan fingerprint density at radius 1 is 1.11 bits per heavy atom. The fraction of sp³-hybridized carbons (Fsp3) is 0.143. The van der Waals surface area contributed by atoms with E-state index in [1.807, 2.05) is 18.2 Å². The van der Waals surface area contributed by atoms with Crippen molar-refractivity contribution in [3.05, 3.63) is 62.5 Å². The third kappa shape index (κ3) is 3.34. The fourth-order valence-corrected chi connectivity index (χ4v) is 2.50. The van der Waals surface area contributed by atoms with Crippen molar-refractivity contribution in [2.75, 3.05) is 5.32 Å². The Morgan fingerprint density at radius 2 is 1.84 bits per heavy atom. The maximum absolute atomic E-state index is 13.7. The maximum atomic E-state index is 13.7. The van der Waals surface area contributed by atoms with Gasteiger partial charge in [-0.15, -0.1) is 0 Å². The van der Waals surface area contributed by atoms with E-state index in [0.29, 0.717) is 5.56 Å². The lowest BCUT2D eigenvalue weighted by Crippen LogP contribution is -2.10. The predicted octanol–water partition coefficient (Wildman–Crippen LogP) is 5.66. The summed E-state index contributed by atoms with van der Waals surface area (Å²) in [7, 11) is 0. The Bertz CT molecular complexity index is 602. The Hall–Kier alpha value is -0.940. The van der Waals surface area contributed by atoms with Crippen LogP contribution >= 0.6 is 31.9 Å². The molecule has 0 amide bonds. The van der Waals surface area contributed by atoms with Gasteiger partial charge in [0.05, 0.1) is 11.7 Å². The minimum absolute atomic E-state index is 0.298. The molecule has 19 heavy (non-hydrogen) atoms. The van der Waals surface area contributed by atoms with Crippen LogP contribution in [0.3, 0.4) is 0 Å². The lowest BCUT2D eigenvalue weighted by Gasteiger charge is -2.18. The standard InChI is InChI=1S/C14H11Br2F2N/c1-8(10-3-2-4-12(17)14(10)18)19-13-7-9(15)5-6-11(13)16/h2-8,19H,1H3. The van der Waals surface area contributed by atoms with Crippen molar-refractivity contribution in [3.63, 3.8) is 0 Å². The highest BCUT2D eigenvalue weighted by atomic mass is 79.9. The molecule has 100 valence electrons. The van der Waals surface area contributed by atoms with Gasteiger partial charge in [0, 0.05) is 14.5 Å². The second-order valence-corrected chi connectivity index (χ2v) is 5.90. The van der Waals surface area contributed by atoms with E-state index < -0.39 is 11.6 Å². The van der Waals surface area contributed by atoms with Crippen LogP contribution in [0.4, 0.5) is 14.5 Å². The van der Waals surface area contributed by atoms with E-state index in [9.17, 15) is 8.78 Å². The normalized spacial score (nSPS) is 12.3. The van der Waals surface area contributed by atoms with Gasteiger partial charge in [-0.05, 0) is 47.1 Å². The van der Waals surface area contributed by atoms with E-state index in [-0.39, 0.29) is 6.04 Å². The summed E-state index contributed by atoms with van der Waals surface area (Å²) >= 11 is 6.79. The van der Waals surface area contributed by atoms with E-state index in [1.165, 1.54) is 6.07 Å². The van der Waals surface area contributed by atoms with Gasteiger partial charge in [0.25, 0.3) is 0 Å². The quantitative estimate of drug-likeness (QED) is 0.712. The van der Waals surface area contributed by atoms with Crippen LogP contribution < -0.4 is 5.32 Å². The lowest BCUT2D eigenvalue weighted by molar-refractivity contribution is 0.494. The van der Waals surface area contributed by atoms with Gasteiger partial charge in [0.15, 0.2) is 11.6 Å². The van der Waals surface area contributed by atoms with Gasteiger partial charge in [-0.25, -0.2) is 8.78 Å². The highest BCUT2D eigenvalue weighted by Gasteiger charge is 2.15. The van der Waals surface area contributed by atoms with E-state index in [0.717, 1.165) is 20.7 Å². The minimum atomic E-state index is -0.834. The smallest absolute Gasteiger partial charge is 0.164 e. The molecule has 1 nitrogen and oxygen atoms in total. The molecule has 0 saturated carbocycles. The summed E-state index contributed by atoms with van der Waals surface area (Å²) in [5, 5.41) is 3.15. The molecule has 0 aliphatic rings. The molecule has 0 radical (unpaired) electrons. The zero-order chi connectivity index (χ0) is 14.0. The van der Waals surface area contributed by atoms with Gasteiger partial charge in [0.1, 0.15) is 0 Å². The van der Waals surface area contributed by atoms with Crippen LogP contribution in [-0.2, 0) is 0 Å². The molecule has 1 unspecified atom stereocenters. The molecule has 0 bridgehead atoms. The van der Waals surface area contributed by atoms with Crippen molar-refractivity contribution < 1.29 is 8.78 Å². The first-order chi connectivity index (χ1) is 8.99. The van der Waals surface area contributed by atoms with E-state index in [4.69, 9.17) is 0 Å². The fourth-order valence-electron chi connectivity index (χ4n) is 1.77. The Balaban J connectivity index is 2.28. The van der Waals surface area contributed by atoms with Gasteiger partial charge < -0.3 is 5.32 Å². The number of rotatable bonds is 3. The zero-order valence-electron chi connectivity index (χ0n) is 10.1. The maximum Gasteiger partial charge on any atom is 0.164 e. The summed E-state index contributed by atoms with van der Waals surface area (Å²) < 4.78 is 28.7. The summed E-state index contributed by atoms with van der Waals surface area (Å²) in [5.41, 5.74) is 1.11. The molecule has 0 heterocycles. The van der Waals surface area contributed by atoms with Crippen molar-refractivity contribution >= 4 is 37.5 Å². The molecular weight excluding hydrogens is 380 g/mol. The minimum Gasteiger partial charge on any atom is -0.377 e. The Morgan fingerprint density at radius 3 is 2.58 bits per heavy atom. The summed E-state index contributed by atoms with van der Waals surface area (Å²) in [6.45, 7) is 1.78. The molecule has 2 aromatic carbocycles. The van der Waals surface area contributed by atoms with Crippen LogP contribution in [-0.4, -0.2) is 0 Å². The zero-order valence-corrected chi connectivity index (χ0v) is 13.2. The van der Waals surface area contributed by atoms with Crippen LogP contribution in [0, 0.1) is 11.6 Å². The first kappa shape index (κ1) is 14.5. The number of benzene rings is 2. The molecular formula is C14H11Br2F2N. The monoisotopic (exact) mass is 389 g/mol. The van der Waals surface area contributed by atoms with Crippen LogP contribution in [0.25, 0.3) is 0 Å². The Labute approximate surface area is 127 Å². The van der Waals surface area contributed by atoms with Crippen molar-refractivity contribution in [2.45, 2.75) is 13.0 Å². The second-order valence-electron chi connectivity index (χ2n) is 4.13.